The van der Waals surface area contributed by atoms with Gasteiger partial charge in [-0.3, -0.25) is 5.10 Å². The molecule has 0 saturated heterocycles. The van der Waals surface area contributed by atoms with Crippen molar-refractivity contribution in [2.24, 2.45) is 0 Å². The number of hydrogen-bond donors (Lipinski definition) is 2. The van der Waals surface area contributed by atoms with Crippen LogP contribution in [0.25, 0.3) is 10.4 Å². The number of nitrogens with one attached hydrogen (secondary N) is 2. The van der Waals surface area contributed by atoms with Gasteiger partial charge in [0, 0.05) is 26.8 Å². The van der Waals surface area contributed by atoms with Crippen LogP contribution in [0.2, 0.25) is 0 Å². The van der Waals surface area contributed by atoms with Gasteiger partial charge in [-0.15, -0.1) is 11.3 Å². The second-order valence-electron chi connectivity index (χ2n) is 2.92. The molecule has 2 heterocycles. The first kappa shape index (κ1) is 9.89. The van der Waals surface area contributed by atoms with Crippen molar-refractivity contribution in [3.05, 3.63) is 27.8 Å². The highest BCUT2D eigenvalue weighted by Crippen LogP contribution is 2.31. The van der Waals surface area contributed by atoms with E-state index < -0.39 is 0 Å². The van der Waals surface area contributed by atoms with Gasteiger partial charge in [0.2, 0.25) is 0 Å². The number of thiophene rings is 1. The van der Waals surface area contributed by atoms with Crippen molar-refractivity contribution in [3.8, 4) is 10.4 Å². The first-order chi connectivity index (χ1) is 6.81. The third kappa shape index (κ3) is 1.89. The van der Waals surface area contributed by atoms with Gasteiger partial charge in [0.1, 0.15) is 0 Å². The minimum atomic E-state index is 0.810. The molecular weight excluding hydrogens is 262 g/mol. The van der Waals surface area contributed by atoms with E-state index in [9.17, 15) is 0 Å². The van der Waals surface area contributed by atoms with Crippen LogP contribution in [0.4, 0.5) is 0 Å². The normalized spacial score (nSPS) is 10.7. The molecule has 2 aromatic heterocycles. The molecule has 0 aliphatic carbocycles. The Morgan fingerprint density at radius 1 is 1.64 bits per heavy atom. The molecule has 2 N–H and O–H groups in total. The molecule has 0 aliphatic rings. The van der Waals surface area contributed by atoms with Crippen LogP contribution < -0.4 is 5.32 Å². The zero-order chi connectivity index (χ0) is 9.97. The van der Waals surface area contributed by atoms with E-state index in [1.54, 1.807) is 11.3 Å². The summed E-state index contributed by atoms with van der Waals surface area (Å²) in [5.41, 5.74) is 2.30. The standard InChI is InChI=1S/C9H10BrN3S/c1-11-4-8-7(3-12-13-8)9-2-6(10)5-14-9/h2-3,5,11H,4H2,1H3,(H,12,13). The van der Waals surface area contributed by atoms with E-state index >= 15 is 0 Å². The number of rotatable bonds is 3. The zero-order valence-electron chi connectivity index (χ0n) is 7.67. The quantitative estimate of drug-likeness (QED) is 0.901. The lowest BCUT2D eigenvalue weighted by Gasteiger charge is -1.98. The molecular formula is C9H10BrN3S. The smallest absolute Gasteiger partial charge is 0.0577 e. The van der Waals surface area contributed by atoms with Gasteiger partial charge >= 0.3 is 0 Å². The molecule has 0 amide bonds. The summed E-state index contributed by atoms with van der Waals surface area (Å²) < 4.78 is 1.12. The van der Waals surface area contributed by atoms with Gasteiger partial charge in [0.15, 0.2) is 0 Å². The molecule has 0 radical (unpaired) electrons. The third-order valence-corrected chi connectivity index (χ3v) is 3.63. The fourth-order valence-electron chi connectivity index (χ4n) is 1.29. The van der Waals surface area contributed by atoms with Gasteiger partial charge < -0.3 is 5.32 Å². The SMILES string of the molecule is CNCc1[nH]ncc1-c1cc(Br)cs1. The van der Waals surface area contributed by atoms with Gasteiger partial charge in [-0.2, -0.15) is 5.10 Å². The highest BCUT2D eigenvalue weighted by atomic mass is 79.9. The molecule has 0 unspecified atom stereocenters. The van der Waals surface area contributed by atoms with Crippen molar-refractivity contribution in [3.63, 3.8) is 0 Å². The molecule has 3 nitrogen and oxygen atoms in total. The van der Waals surface area contributed by atoms with Crippen molar-refractivity contribution < 1.29 is 0 Å². The van der Waals surface area contributed by atoms with E-state index in [0.717, 1.165) is 16.7 Å². The summed E-state index contributed by atoms with van der Waals surface area (Å²) in [7, 11) is 1.93. The van der Waals surface area contributed by atoms with Gasteiger partial charge in [-0.25, -0.2) is 0 Å². The molecule has 0 fully saturated rings. The molecule has 0 aliphatic heterocycles. The Balaban J connectivity index is 2.36. The minimum absolute atomic E-state index is 0.810. The fraction of sp³-hybridized carbons (Fsp3) is 0.222. The molecule has 0 aromatic carbocycles. The molecule has 0 saturated carbocycles. The maximum absolute atomic E-state index is 4.05. The van der Waals surface area contributed by atoms with Gasteiger partial charge in [0.05, 0.1) is 11.9 Å². The van der Waals surface area contributed by atoms with Crippen LogP contribution in [-0.2, 0) is 6.54 Å². The minimum Gasteiger partial charge on any atom is -0.314 e. The van der Waals surface area contributed by atoms with E-state index in [4.69, 9.17) is 0 Å². The predicted molar refractivity (Wildman–Crippen MR) is 62.4 cm³/mol. The maximum atomic E-state index is 4.05. The number of hydrogen-bond acceptors (Lipinski definition) is 3. The van der Waals surface area contributed by atoms with Crippen LogP contribution in [0, 0.1) is 0 Å². The third-order valence-electron chi connectivity index (χ3n) is 1.90. The molecule has 74 valence electrons. The zero-order valence-corrected chi connectivity index (χ0v) is 10.1. The Morgan fingerprint density at radius 3 is 3.14 bits per heavy atom. The van der Waals surface area contributed by atoms with Gasteiger partial charge in [-0.1, -0.05) is 0 Å². The van der Waals surface area contributed by atoms with Gasteiger partial charge in [0.25, 0.3) is 0 Å². The van der Waals surface area contributed by atoms with Crippen LogP contribution in [0.15, 0.2) is 22.1 Å². The number of aromatic nitrogens is 2. The van der Waals surface area contributed by atoms with Crippen LogP contribution >= 0.6 is 27.3 Å². The summed E-state index contributed by atoms with van der Waals surface area (Å²) in [6.07, 6.45) is 1.87. The Hall–Kier alpha value is -0.650. The first-order valence-corrected chi connectivity index (χ1v) is 5.90. The Labute approximate surface area is 94.7 Å². The summed E-state index contributed by atoms with van der Waals surface area (Å²) >= 11 is 5.16. The van der Waals surface area contributed by atoms with Crippen LogP contribution in [0.1, 0.15) is 5.69 Å². The van der Waals surface area contributed by atoms with Crippen molar-refractivity contribution in [2.45, 2.75) is 6.54 Å². The van der Waals surface area contributed by atoms with Crippen molar-refractivity contribution in [1.82, 2.24) is 15.5 Å². The van der Waals surface area contributed by atoms with Gasteiger partial charge in [-0.05, 0) is 29.0 Å². The monoisotopic (exact) mass is 271 g/mol. The number of H-pyrrole nitrogens is 1. The molecule has 0 spiro atoms. The average molecular weight is 272 g/mol. The molecule has 2 aromatic rings. The average Bonchev–Trinajstić information content (AvgIpc) is 2.74. The molecule has 0 atom stereocenters. The lowest BCUT2D eigenvalue weighted by molar-refractivity contribution is 0.785. The molecule has 5 heteroatoms. The summed E-state index contributed by atoms with van der Waals surface area (Å²) in [6.45, 7) is 0.810. The van der Waals surface area contributed by atoms with Crippen molar-refractivity contribution in [1.29, 1.82) is 0 Å². The van der Waals surface area contributed by atoms with Crippen molar-refractivity contribution in [2.75, 3.05) is 7.05 Å². The van der Waals surface area contributed by atoms with E-state index in [0.29, 0.717) is 0 Å². The summed E-state index contributed by atoms with van der Waals surface area (Å²) in [6, 6.07) is 2.11. The highest BCUT2D eigenvalue weighted by molar-refractivity contribution is 9.10. The molecule has 0 bridgehead atoms. The topological polar surface area (TPSA) is 40.7 Å². The maximum Gasteiger partial charge on any atom is 0.0577 e. The lowest BCUT2D eigenvalue weighted by Crippen LogP contribution is -2.06. The second kappa shape index (κ2) is 4.25. The van der Waals surface area contributed by atoms with E-state index in [2.05, 4.69) is 42.9 Å². The predicted octanol–water partition coefficient (Wildman–Crippen LogP) is 2.62. The summed E-state index contributed by atoms with van der Waals surface area (Å²) in [5, 5.41) is 12.2. The number of aromatic amines is 1. The van der Waals surface area contributed by atoms with Crippen molar-refractivity contribution >= 4 is 27.3 Å². The Morgan fingerprint density at radius 2 is 2.50 bits per heavy atom. The molecule has 2 rings (SSSR count). The van der Waals surface area contributed by atoms with E-state index in [1.807, 2.05) is 13.2 Å². The van der Waals surface area contributed by atoms with Crippen LogP contribution in [-0.4, -0.2) is 17.2 Å². The van der Waals surface area contributed by atoms with E-state index in [-0.39, 0.29) is 0 Å². The number of halogens is 1. The summed E-state index contributed by atoms with van der Waals surface area (Å²) in [4.78, 5) is 1.23. The summed E-state index contributed by atoms with van der Waals surface area (Å²) in [5.74, 6) is 0. The largest absolute Gasteiger partial charge is 0.314 e. The fourth-order valence-corrected chi connectivity index (χ4v) is 2.76. The van der Waals surface area contributed by atoms with Crippen LogP contribution in [0.3, 0.4) is 0 Å². The van der Waals surface area contributed by atoms with Crippen LogP contribution in [0.5, 0.6) is 0 Å². The lowest BCUT2D eigenvalue weighted by atomic mass is 10.2. The first-order valence-electron chi connectivity index (χ1n) is 4.22. The Bertz CT molecular complexity index is 421. The Kier molecular flexibility index (Phi) is 3.00. The highest BCUT2D eigenvalue weighted by Gasteiger charge is 2.08. The number of nitrogens with zero attached hydrogens (tertiary/aromatic N) is 1. The molecule has 14 heavy (non-hydrogen) atoms. The second-order valence-corrected chi connectivity index (χ2v) is 4.75. The van der Waals surface area contributed by atoms with E-state index in [1.165, 1.54) is 10.4 Å².